The predicted molar refractivity (Wildman–Crippen MR) is 83.1 cm³/mol. The monoisotopic (exact) mass is 277 g/mol. The summed E-state index contributed by atoms with van der Waals surface area (Å²) in [5.74, 6) is 0.356. The van der Waals surface area contributed by atoms with Gasteiger partial charge in [-0.05, 0) is 58.5 Å². The molecule has 0 radical (unpaired) electrons. The molecule has 0 amide bonds. The fourth-order valence-electron chi connectivity index (χ4n) is 2.21. The molecule has 21 heavy (non-hydrogen) atoms. The summed E-state index contributed by atoms with van der Waals surface area (Å²) in [7, 11) is 0. The average molecular weight is 277 g/mol. The fourth-order valence-corrected chi connectivity index (χ4v) is 2.21. The molecule has 0 saturated carbocycles. The van der Waals surface area contributed by atoms with Crippen molar-refractivity contribution >= 4 is 12.3 Å². The highest BCUT2D eigenvalue weighted by Gasteiger charge is 2.06. The van der Waals surface area contributed by atoms with Gasteiger partial charge < -0.3 is 0 Å². The van der Waals surface area contributed by atoms with Crippen molar-refractivity contribution in [3.05, 3.63) is 66.2 Å². The maximum atomic E-state index is 4.03. The highest BCUT2D eigenvalue weighted by molar-refractivity contribution is 5.76. The topological polar surface area (TPSA) is 56.0 Å². The zero-order chi connectivity index (χ0) is 14.7. The first-order valence-corrected chi connectivity index (χ1v) is 6.68. The van der Waals surface area contributed by atoms with E-state index in [9.17, 15) is 0 Å². The van der Waals surface area contributed by atoms with E-state index in [2.05, 4.69) is 58.4 Å². The van der Waals surface area contributed by atoms with E-state index in [0.29, 0.717) is 5.92 Å². The predicted octanol–water partition coefficient (Wildman–Crippen LogP) is 2.84. The summed E-state index contributed by atoms with van der Waals surface area (Å²) in [5, 5.41) is 11.2. The number of hydrogen-bond donors (Lipinski definition) is 0. The standard InChI is InChI=1S/C16H15N5/c1-12-3-6-15(17-2)10-14(9-12)13-4-7-16(8-5-13)21-11-18-19-20-21/h3-12H,2H2,1H3. The quantitative estimate of drug-likeness (QED) is 0.811. The van der Waals surface area contributed by atoms with Crippen LogP contribution in [0.5, 0.6) is 0 Å². The smallest absolute Gasteiger partial charge is 0.143 e. The number of allylic oxidation sites excluding steroid dienone is 5. The molecule has 1 aliphatic carbocycles. The van der Waals surface area contributed by atoms with Gasteiger partial charge in [0.15, 0.2) is 0 Å². The molecule has 1 heterocycles. The zero-order valence-corrected chi connectivity index (χ0v) is 11.7. The molecule has 0 aliphatic heterocycles. The SMILES string of the molecule is C=NC1=CC(c2ccc(-n3cnnn3)cc2)=CC(C)C=C1. The van der Waals surface area contributed by atoms with Crippen molar-refractivity contribution in [3.63, 3.8) is 0 Å². The van der Waals surface area contributed by atoms with Crippen LogP contribution in [0.15, 0.2) is 65.6 Å². The van der Waals surface area contributed by atoms with Crippen molar-refractivity contribution in [3.8, 4) is 5.69 Å². The van der Waals surface area contributed by atoms with Gasteiger partial charge in [-0.1, -0.05) is 31.2 Å². The van der Waals surface area contributed by atoms with Gasteiger partial charge in [-0.15, -0.1) is 5.10 Å². The highest BCUT2D eigenvalue weighted by Crippen LogP contribution is 2.25. The number of benzene rings is 1. The third-order valence-corrected chi connectivity index (χ3v) is 3.31. The van der Waals surface area contributed by atoms with Crippen LogP contribution in [0.4, 0.5) is 0 Å². The minimum Gasteiger partial charge on any atom is -0.265 e. The Morgan fingerprint density at radius 3 is 2.71 bits per heavy atom. The van der Waals surface area contributed by atoms with E-state index >= 15 is 0 Å². The van der Waals surface area contributed by atoms with E-state index < -0.39 is 0 Å². The van der Waals surface area contributed by atoms with Gasteiger partial charge in [0.25, 0.3) is 0 Å². The van der Waals surface area contributed by atoms with Crippen LogP contribution in [0.25, 0.3) is 11.3 Å². The highest BCUT2D eigenvalue weighted by atomic mass is 15.5. The molecule has 1 atom stereocenters. The lowest BCUT2D eigenvalue weighted by Crippen LogP contribution is -1.95. The van der Waals surface area contributed by atoms with Crippen molar-refractivity contribution in [1.82, 2.24) is 20.2 Å². The van der Waals surface area contributed by atoms with E-state index in [1.165, 1.54) is 0 Å². The van der Waals surface area contributed by atoms with Crippen molar-refractivity contribution in [2.24, 2.45) is 10.9 Å². The molecule has 0 bridgehead atoms. The summed E-state index contributed by atoms with van der Waals surface area (Å²) in [6.07, 6.45) is 9.94. The van der Waals surface area contributed by atoms with Crippen molar-refractivity contribution < 1.29 is 0 Å². The minimum atomic E-state index is 0.356. The largest absolute Gasteiger partial charge is 0.265 e. The molecular formula is C16H15N5. The van der Waals surface area contributed by atoms with Gasteiger partial charge in [-0.3, -0.25) is 4.99 Å². The van der Waals surface area contributed by atoms with Gasteiger partial charge in [-0.25, -0.2) is 4.68 Å². The molecule has 0 spiro atoms. The second-order valence-electron chi connectivity index (χ2n) is 4.87. The van der Waals surface area contributed by atoms with E-state index in [0.717, 1.165) is 22.5 Å². The Kier molecular flexibility index (Phi) is 3.55. The maximum Gasteiger partial charge on any atom is 0.143 e. The van der Waals surface area contributed by atoms with Crippen LogP contribution in [0.2, 0.25) is 0 Å². The average Bonchev–Trinajstić information content (AvgIpc) is 2.98. The van der Waals surface area contributed by atoms with Crippen LogP contribution in [0.1, 0.15) is 12.5 Å². The van der Waals surface area contributed by atoms with E-state index in [4.69, 9.17) is 0 Å². The Morgan fingerprint density at radius 2 is 2.05 bits per heavy atom. The summed E-state index contributed by atoms with van der Waals surface area (Å²) in [4.78, 5) is 4.03. The Morgan fingerprint density at radius 1 is 1.24 bits per heavy atom. The number of hydrogen-bond acceptors (Lipinski definition) is 4. The van der Waals surface area contributed by atoms with Gasteiger partial charge in [0.1, 0.15) is 6.33 Å². The first-order chi connectivity index (χ1) is 10.3. The Hall–Kier alpha value is -2.82. The first-order valence-electron chi connectivity index (χ1n) is 6.68. The Labute approximate surface area is 123 Å². The number of tetrazole rings is 1. The molecule has 1 aliphatic rings. The summed E-state index contributed by atoms with van der Waals surface area (Å²) in [6, 6.07) is 8.09. The molecule has 5 heteroatoms. The third kappa shape index (κ3) is 2.86. The third-order valence-electron chi connectivity index (χ3n) is 3.31. The fraction of sp³-hybridized carbons (Fsp3) is 0.125. The van der Waals surface area contributed by atoms with Gasteiger partial charge in [0.2, 0.25) is 0 Å². The second kappa shape index (κ2) is 5.66. The maximum absolute atomic E-state index is 4.03. The first kappa shape index (κ1) is 13.2. The van der Waals surface area contributed by atoms with E-state index in [1.807, 2.05) is 24.3 Å². The molecule has 0 fully saturated rings. The summed E-state index contributed by atoms with van der Waals surface area (Å²) in [6.45, 7) is 5.75. The number of aromatic nitrogens is 4. The lowest BCUT2D eigenvalue weighted by atomic mass is 10.0. The van der Waals surface area contributed by atoms with Crippen LogP contribution in [-0.2, 0) is 0 Å². The molecule has 1 aromatic heterocycles. The van der Waals surface area contributed by atoms with Crippen molar-refractivity contribution in [2.45, 2.75) is 6.92 Å². The van der Waals surface area contributed by atoms with Gasteiger partial charge >= 0.3 is 0 Å². The van der Waals surface area contributed by atoms with Crippen LogP contribution in [-0.4, -0.2) is 26.9 Å². The molecular weight excluding hydrogens is 262 g/mol. The van der Waals surface area contributed by atoms with Gasteiger partial charge in [0, 0.05) is 0 Å². The lowest BCUT2D eigenvalue weighted by Gasteiger charge is -2.06. The van der Waals surface area contributed by atoms with Crippen LogP contribution < -0.4 is 0 Å². The molecule has 1 aromatic carbocycles. The minimum absolute atomic E-state index is 0.356. The van der Waals surface area contributed by atoms with Crippen molar-refractivity contribution in [1.29, 1.82) is 0 Å². The lowest BCUT2D eigenvalue weighted by molar-refractivity contribution is 0.789. The van der Waals surface area contributed by atoms with Crippen LogP contribution >= 0.6 is 0 Å². The number of aliphatic imine (C=N–C) groups is 1. The summed E-state index contributed by atoms with van der Waals surface area (Å²) < 4.78 is 1.63. The molecule has 0 N–H and O–H groups in total. The van der Waals surface area contributed by atoms with Crippen LogP contribution in [0, 0.1) is 5.92 Å². The molecule has 1 unspecified atom stereocenters. The second-order valence-corrected chi connectivity index (χ2v) is 4.87. The molecule has 3 rings (SSSR count). The number of nitrogens with zero attached hydrogens (tertiary/aromatic N) is 5. The molecule has 0 saturated heterocycles. The summed E-state index contributed by atoms with van der Waals surface area (Å²) >= 11 is 0. The van der Waals surface area contributed by atoms with Gasteiger partial charge in [0.05, 0.1) is 11.4 Å². The Bertz CT molecular complexity index is 721. The van der Waals surface area contributed by atoms with E-state index in [-0.39, 0.29) is 0 Å². The van der Waals surface area contributed by atoms with Crippen LogP contribution in [0.3, 0.4) is 0 Å². The number of rotatable bonds is 3. The zero-order valence-electron chi connectivity index (χ0n) is 11.7. The van der Waals surface area contributed by atoms with Gasteiger partial charge in [-0.2, -0.15) is 0 Å². The molecule has 104 valence electrons. The van der Waals surface area contributed by atoms with E-state index in [1.54, 1.807) is 11.0 Å². The van der Waals surface area contributed by atoms with Crippen molar-refractivity contribution in [2.75, 3.05) is 0 Å². The summed E-state index contributed by atoms with van der Waals surface area (Å²) in [5.41, 5.74) is 4.06. The molecule has 5 nitrogen and oxygen atoms in total. The Balaban J connectivity index is 1.95. The molecule has 2 aromatic rings. The normalized spacial score (nSPS) is 17.9.